The number of allylic oxidation sites excluding steroid dienone is 2. The standard InChI is InChI=1S/C9H16/c1-8-5-4-6-9(2,3)7-8/h4-5,8H,6-7H2,1-3H3/t8-/m1/s1. The van der Waals surface area contributed by atoms with Gasteiger partial charge in [-0.05, 0) is 24.2 Å². The van der Waals surface area contributed by atoms with Gasteiger partial charge in [0, 0.05) is 0 Å². The fourth-order valence-electron chi connectivity index (χ4n) is 1.64. The minimum absolute atomic E-state index is 0.564. The van der Waals surface area contributed by atoms with Crippen molar-refractivity contribution >= 4 is 0 Å². The molecule has 52 valence electrons. The maximum atomic E-state index is 2.34. The second-order valence-electron chi connectivity index (χ2n) is 3.98. The van der Waals surface area contributed by atoms with Gasteiger partial charge >= 0.3 is 0 Å². The van der Waals surface area contributed by atoms with E-state index in [2.05, 4.69) is 32.9 Å². The zero-order valence-corrected chi connectivity index (χ0v) is 6.65. The number of hydrogen-bond donors (Lipinski definition) is 0. The van der Waals surface area contributed by atoms with E-state index in [4.69, 9.17) is 0 Å². The van der Waals surface area contributed by atoms with Gasteiger partial charge in [0.15, 0.2) is 0 Å². The Kier molecular flexibility index (Phi) is 1.65. The van der Waals surface area contributed by atoms with Crippen LogP contribution in [0.1, 0.15) is 33.6 Å². The monoisotopic (exact) mass is 124 g/mol. The van der Waals surface area contributed by atoms with Gasteiger partial charge in [0.05, 0.1) is 0 Å². The first-order valence-corrected chi connectivity index (χ1v) is 3.77. The zero-order valence-electron chi connectivity index (χ0n) is 6.65. The molecule has 0 nitrogen and oxygen atoms in total. The molecule has 0 aromatic heterocycles. The topological polar surface area (TPSA) is 0 Å². The van der Waals surface area contributed by atoms with Crippen LogP contribution >= 0.6 is 0 Å². The molecular formula is C9H16. The molecule has 0 aliphatic heterocycles. The highest BCUT2D eigenvalue weighted by molar-refractivity contribution is 4.97. The molecule has 9 heavy (non-hydrogen) atoms. The predicted molar refractivity (Wildman–Crippen MR) is 41.3 cm³/mol. The summed E-state index contributed by atoms with van der Waals surface area (Å²) in [4.78, 5) is 0. The van der Waals surface area contributed by atoms with Crippen LogP contribution in [0.25, 0.3) is 0 Å². The molecule has 0 unspecified atom stereocenters. The molecule has 0 saturated heterocycles. The van der Waals surface area contributed by atoms with Crippen LogP contribution in [-0.4, -0.2) is 0 Å². The third-order valence-corrected chi connectivity index (χ3v) is 2.01. The van der Waals surface area contributed by atoms with Gasteiger partial charge in [0.2, 0.25) is 0 Å². The summed E-state index contributed by atoms with van der Waals surface area (Å²) in [7, 11) is 0. The van der Waals surface area contributed by atoms with Crippen molar-refractivity contribution in [2.75, 3.05) is 0 Å². The molecular weight excluding hydrogens is 108 g/mol. The molecule has 1 rings (SSSR count). The van der Waals surface area contributed by atoms with Crippen molar-refractivity contribution in [1.82, 2.24) is 0 Å². The number of hydrogen-bond acceptors (Lipinski definition) is 0. The van der Waals surface area contributed by atoms with Crippen molar-refractivity contribution in [3.8, 4) is 0 Å². The molecule has 1 aliphatic rings. The molecule has 0 bridgehead atoms. The molecule has 1 atom stereocenters. The lowest BCUT2D eigenvalue weighted by atomic mass is 9.77. The largest absolute Gasteiger partial charge is 0.0877 e. The molecule has 0 aromatic carbocycles. The van der Waals surface area contributed by atoms with Crippen LogP contribution in [0, 0.1) is 11.3 Å². The van der Waals surface area contributed by atoms with Gasteiger partial charge in [-0.15, -0.1) is 0 Å². The van der Waals surface area contributed by atoms with Gasteiger partial charge in [-0.25, -0.2) is 0 Å². The molecule has 0 amide bonds. The Morgan fingerprint density at radius 3 is 2.44 bits per heavy atom. The Bertz CT molecular complexity index is 120. The lowest BCUT2D eigenvalue weighted by Gasteiger charge is -2.29. The first-order valence-electron chi connectivity index (χ1n) is 3.77. The van der Waals surface area contributed by atoms with E-state index in [-0.39, 0.29) is 0 Å². The molecule has 0 aromatic rings. The molecule has 0 N–H and O–H groups in total. The average Bonchev–Trinajstić information content (AvgIpc) is 1.60. The highest BCUT2D eigenvalue weighted by Crippen LogP contribution is 2.33. The van der Waals surface area contributed by atoms with Gasteiger partial charge in [-0.1, -0.05) is 32.9 Å². The summed E-state index contributed by atoms with van der Waals surface area (Å²) in [5.74, 6) is 0.800. The SMILES string of the molecule is C[C@@H]1C=CCC(C)(C)C1. The van der Waals surface area contributed by atoms with Crippen LogP contribution in [0.5, 0.6) is 0 Å². The van der Waals surface area contributed by atoms with Crippen molar-refractivity contribution in [2.24, 2.45) is 11.3 Å². The maximum Gasteiger partial charge on any atom is -0.0257 e. The highest BCUT2D eigenvalue weighted by atomic mass is 14.3. The minimum atomic E-state index is 0.564. The van der Waals surface area contributed by atoms with E-state index in [1.807, 2.05) is 0 Å². The van der Waals surface area contributed by atoms with Crippen molar-refractivity contribution in [2.45, 2.75) is 33.6 Å². The summed E-state index contributed by atoms with van der Waals surface area (Å²) >= 11 is 0. The minimum Gasteiger partial charge on any atom is -0.0877 e. The Morgan fingerprint density at radius 1 is 1.44 bits per heavy atom. The lowest BCUT2D eigenvalue weighted by molar-refractivity contribution is 0.289. The van der Waals surface area contributed by atoms with E-state index in [0.29, 0.717) is 5.41 Å². The Balaban J connectivity index is 2.58. The fourth-order valence-corrected chi connectivity index (χ4v) is 1.64. The van der Waals surface area contributed by atoms with Gasteiger partial charge in [-0.3, -0.25) is 0 Å². The lowest BCUT2D eigenvalue weighted by Crippen LogP contribution is -2.16. The quantitative estimate of drug-likeness (QED) is 0.435. The van der Waals surface area contributed by atoms with Gasteiger partial charge in [0.25, 0.3) is 0 Å². The molecule has 0 spiro atoms. The summed E-state index contributed by atoms with van der Waals surface area (Å²) < 4.78 is 0. The van der Waals surface area contributed by atoms with Crippen LogP contribution in [0.3, 0.4) is 0 Å². The molecule has 1 aliphatic carbocycles. The third kappa shape index (κ3) is 1.85. The zero-order chi connectivity index (χ0) is 6.91. The molecule has 0 heteroatoms. The van der Waals surface area contributed by atoms with E-state index in [0.717, 1.165) is 5.92 Å². The summed E-state index contributed by atoms with van der Waals surface area (Å²) in [6.07, 6.45) is 7.25. The van der Waals surface area contributed by atoms with E-state index >= 15 is 0 Å². The number of rotatable bonds is 0. The molecule has 0 saturated carbocycles. The van der Waals surface area contributed by atoms with Crippen LogP contribution in [0.15, 0.2) is 12.2 Å². The van der Waals surface area contributed by atoms with Crippen LogP contribution in [0.2, 0.25) is 0 Å². The van der Waals surface area contributed by atoms with Crippen LogP contribution in [0.4, 0.5) is 0 Å². The predicted octanol–water partition coefficient (Wildman–Crippen LogP) is 3.00. The second-order valence-corrected chi connectivity index (χ2v) is 3.98. The van der Waals surface area contributed by atoms with Crippen LogP contribution in [-0.2, 0) is 0 Å². The normalized spacial score (nSPS) is 32.6. The summed E-state index contributed by atoms with van der Waals surface area (Å²) in [6, 6.07) is 0. The molecule has 0 heterocycles. The van der Waals surface area contributed by atoms with Gasteiger partial charge < -0.3 is 0 Å². The fraction of sp³-hybridized carbons (Fsp3) is 0.778. The van der Waals surface area contributed by atoms with Crippen molar-refractivity contribution in [3.63, 3.8) is 0 Å². The van der Waals surface area contributed by atoms with E-state index in [9.17, 15) is 0 Å². The highest BCUT2D eigenvalue weighted by Gasteiger charge is 2.21. The smallest absolute Gasteiger partial charge is 0.0257 e. The summed E-state index contributed by atoms with van der Waals surface area (Å²) in [5.41, 5.74) is 0.564. The van der Waals surface area contributed by atoms with Crippen molar-refractivity contribution in [1.29, 1.82) is 0 Å². The Morgan fingerprint density at radius 2 is 2.11 bits per heavy atom. The summed E-state index contributed by atoms with van der Waals surface area (Å²) in [6.45, 7) is 6.97. The van der Waals surface area contributed by atoms with Gasteiger partial charge in [-0.2, -0.15) is 0 Å². The third-order valence-electron chi connectivity index (χ3n) is 2.01. The Labute approximate surface area is 58.0 Å². The van der Waals surface area contributed by atoms with Gasteiger partial charge in [0.1, 0.15) is 0 Å². The summed E-state index contributed by atoms with van der Waals surface area (Å²) in [5, 5.41) is 0. The van der Waals surface area contributed by atoms with E-state index in [1.54, 1.807) is 0 Å². The molecule has 0 fully saturated rings. The first-order chi connectivity index (χ1) is 4.10. The van der Waals surface area contributed by atoms with Crippen LogP contribution < -0.4 is 0 Å². The van der Waals surface area contributed by atoms with Crippen molar-refractivity contribution in [3.05, 3.63) is 12.2 Å². The maximum absolute atomic E-state index is 2.34. The van der Waals surface area contributed by atoms with E-state index < -0.39 is 0 Å². The first kappa shape index (κ1) is 6.85. The molecule has 0 radical (unpaired) electrons. The van der Waals surface area contributed by atoms with E-state index in [1.165, 1.54) is 12.8 Å². The van der Waals surface area contributed by atoms with Crippen molar-refractivity contribution < 1.29 is 0 Å². The average molecular weight is 124 g/mol. The Hall–Kier alpha value is -0.260. The second kappa shape index (κ2) is 2.17.